The van der Waals surface area contributed by atoms with Crippen LogP contribution >= 0.6 is 0 Å². The van der Waals surface area contributed by atoms with Gasteiger partial charge in [-0.15, -0.1) is 0 Å². The van der Waals surface area contributed by atoms with Crippen LogP contribution in [0.3, 0.4) is 0 Å². The number of nitrogens with one attached hydrogen (secondary N) is 1. The van der Waals surface area contributed by atoms with E-state index in [0.29, 0.717) is 17.5 Å². The number of methoxy groups -OCH3 is 1. The lowest BCUT2D eigenvalue weighted by Crippen LogP contribution is -2.47. The molecule has 0 aliphatic heterocycles. The van der Waals surface area contributed by atoms with E-state index in [1.165, 1.54) is 0 Å². The summed E-state index contributed by atoms with van der Waals surface area (Å²) in [6, 6.07) is 0.902. The quantitative estimate of drug-likeness (QED) is 0.730. The molecule has 0 aromatic heterocycles. The van der Waals surface area contributed by atoms with Crippen molar-refractivity contribution in [2.24, 2.45) is 5.41 Å². The first-order chi connectivity index (χ1) is 5.79. The van der Waals surface area contributed by atoms with Crippen molar-refractivity contribution in [3.8, 4) is 0 Å². The van der Waals surface area contributed by atoms with Gasteiger partial charge in [-0.25, -0.2) is 0 Å². The largest absolute Gasteiger partial charge is 0.380 e. The van der Waals surface area contributed by atoms with Crippen LogP contribution in [0.2, 0.25) is 0 Å². The van der Waals surface area contributed by atoms with Crippen molar-refractivity contribution in [3.63, 3.8) is 0 Å². The van der Waals surface area contributed by atoms with Crippen molar-refractivity contribution in [2.45, 2.75) is 59.7 Å². The minimum absolute atomic E-state index is 0.268. The molecule has 2 nitrogen and oxygen atoms in total. The molecule has 2 heteroatoms. The third-order valence-corrected chi connectivity index (χ3v) is 2.89. The van der Waals surface area contributed by atoms with Gasteiger partial charge >= 0.3 is 0 Å². The topological polar surface area (TPSA) is 21.3 Å². The van der Waals surface area contributed by atoms with E-state index in [1.807, 2.05) is 0 Å². The summed E-state index contributed by atoms with van der Waals surface area (Å²) in [4.78, 5) is 0. The Morgan fingerprint density at radius 2 is 1.54 bits per heavy atom. The second-order valence-electron chi connectivity index (χ2n) is 4.98. The summed E-state index contributed by atoms with van der Waals surface area (Å²) in [7, 11) is 1.75. The zero-order valence-corrected chi connectivity index (χ0v) is 10.1. The van der Waals surface area contributed by atoms with Crippen molar-refractivity contribution >= 4 is 0 Å². The summed E-state index contributed by atoms with van der Waals surface area (Å²) in [5.41, 5.74) is 0.307. The van der Waals surface area contributed by atoms with Gasteiger partial charge in [0.2, 0.25) is 0 Å². The molecule has 0 aromatic carbocycles. The highest BCUT2D eigenvalue weighted by atomic mass is 16.5. The standard InChI is InChI=1S/C11H25NO/c1-8(9(2)13-7)12-10(3)11(4,5)6/h8-10,12H,1-7H3. The molecule has 0 aliphatic carbocycles. The molecule has 80 valence electrons. The number of rotatable bonds is 4. The fourth-order valence-corrected chi connectivity index (χ4v) is 0.984. The number of ether oxygens (including phenoxy) is 1. The Hall–Kier alpha value is -0.0800. The van der Waals surface area contributed by atoms with Crippen LogP contribution in [-0.4, -0.2) is 25.3 Å². The van der Waals surface area contributed by atoms with Crippen molar-refractivity contribution in [3.05, 3.63) is 0 Å². The van der Waals surface area contributed by atoms with E-state index in [2.05, 4.69) is 46.9 Å². The second-order valence-corrected chi connectivity index (χ2v) is 4.98. The average Bonchev–Trinajstić information content (AvgIpc) is 2.01. The summed E-state index contributed by atoms with van der Waals surface area (Å²) >= 11 is 0. The van der Waals surface area contributed by atoms with E-state index in [-0.39, 0.29) is 6.10 Å². The minimum Gasteiger partial charge on any atom is -0.380 e. The average molecular weight is 187 g/mol. The molecule has 0 saturated carbocycles. The van der Waals surface area contributed by atoms with Gasteiger partial charge in [-0.05, 0) is 26.2 Å². The van der Waals surface area contributed by atoms with Gasteiger partial charge in [-0.3, -0.25) is 0 Å². The summed E-state index contributed by atoms with van der Waals surface area (Å²) in [6.45, 7) is 13.2. The molecule has 3 atom stereocenters. The van der Waals surface area contributed by atoms with Gasteiger partial charge in [0.05, 0.1) is 6.10 Å². The molecule has 0 heterocycles. The Balaban J connectivity index is 3.98. The normalized spacial score (nSPS) is 19.6. The molecule has 1 N–H and O–H groups in total. The first kappa shape index (κ1) is 12.9. The Kier molecular flexibility index (Phi) is 4.93. The third kappa shape index (κ3) is 4.63. The lowest BCUT2D eigenvalue weighted by molar-refractivity contribution is 0.0779. The first-order valence-corrected chi connectivity index (χ1v) is 5.08. The van der Waals surface area contributed by atoms with Crippen molar-refractivity contribution in [2.75, 3.05) is 7.11 Å². The summed E-state index contributed by atoms with van der Waals surface area (Å²) < 4.78 is 5.26. The highest BCUT2D eigenvalue weighted by Gasteiger charge is 2.22. The Morgan fingerprint density at radius 3 is 1.85 bits per heavy atom. The molecule has 0 radical (unpaired) electrons. The van der Waals surface area contributed by atoms with Crippen LogP contribution < -0.4 is 5.32 Å². The lowest BCUT2D eigenvalue weighted by atomic mass is 9.87. The molecular weight excluding hydrogens is 162 g/mol. The van der Waals surface area contributed by atoms with Crippen LogP contribution in [0.15, 0.2) is 0 Å². The summed E-state index contributed by atoms with van der Waals surface area (Å²) in [6.07, 6.45) is 0.268. The van der Waals surface area contributed by atoms with Crippen LogP contribution in [0, 0.1) is 5.41 Å². The second kappa shape index (κ2) is 4.97. The van der Waals surface area contributed by atoms with Crippen molar-refractivity contribution in [1.82, 2.24) is 5.32 Å². The molecular formula is C11H25NO. The first-order valence-electron chi connectivity index (χ1n) is 5.08. The van der Waals surface area contributed by atoms with Gasteiger partial charge in [0, 0.05) is 19.2 Å². The van der Waals surface area contributed by atoms with Crippen LogP contribution in [0.5, 0.6) is 0 Å². The smallest absolute Gasteiger partial charge is 0.0693 e. The zero-order valence-electron chi connectivity index (χ0n) is 10.1. The van der Waals surface area contributed by atoms with Gasteiger partial charge in [0.1, 0.15) is 0 Å². The van der Waals surface area contributed by atoms with Crippen LogP contribution in [0.4, 0.5) is 0 Å². The summed E-state index contributed by atoms with van der Waals surface area (Å²) in [5.74, 6) is 0. The maximum Gasteiger partial charge on any atom is 0.0693 e. The summed E-state index contributed by atoms with van der Waals surface area (Å²) in [5, 5.41) is 3.55. The monoisotopic (exact) mass is 187 g/mol. The molecule has 0 fully saturated rings. The fourth-order valence-electron chi connectivity index (χ4n) is 0.984. The van der Waals surface area contributed by atoms with Gasteiger partial charge < -0.3 is 10.1 Å². The van der Waals surface area contributed by atoms with Gasteiger partial charge in [0.15, 0.2) is 0 Å². The SMILES string of the molecule is COC(C)C(C)NC(C)C(C)(C)C. The molecule has 3 unspecified atom stereocenters. The van der Waals surface area contributed by atoms with Gasteiger partial charge in [-0.2, -0.15) is 0 Å². The van der Waals surface area contributed by atoms with E-state index in [0.717, 1.165) is 0 Å². The maximum atomic E-state index is 5.26. The molecule has 0 aliphatic rings. The van der Waals surface area contributed by atoms with Gasteiger partial charge in [-0.1, -0.05) is 20.8 Å². The Morgan fingerprint density at radius 1 is 1.08 bits per heavy atom. The number of hydrogen-bond donors (Lipinski definition) is 1. The minimum atomic E-state index is 0.268. The zero-order chi connectivity index (χ0) is 10.6. The van der Waals surface area contributed by atoms with Crippen LogP contribution in [0.1, 0.15) is 41.5 Å². The lowest BCUT2D eigenvalue weighted by Gasteiger charge is -2.32. The Labute approximate surface area is 83.1 Å². The maximum absolute atomic E-state index is 5.26. The predicted molar refractivity (Wildman–Crippen MR) is 58.0 cm³/mol. The molecule has 0 saturated heterocycles. The third-order valence-electron chi connectivity index (χ3n) is 2.89. The molecule has 0 bridgehead atoms. The predicted octanol–water partition coefficient (Wildman–Crippen LogP) is 2.43. The van der Waals surface area contributed by atoms with E-state index >= 15 is 0 Å². The Bertz CT molecular complexity index is 140. The molecule has 0 rings (SSSR count). The number of hydrogen-bond acceptors (Lipinski definition) is 2. The molecule has 13 heavy (non-hydrogen) atoms. The van der Waals surface area contributed by atoms with Gasteiger partial charge in [0.25, 0.3) is 0 Å². The van der Waals surface area contributed by atoms with E-state index < -0.39 is 0 Å². The van der Waals surface area contributed by atoms with E-state index in [1.54, 1.807) is 7.11 Å². The molecule has 0 amide bonds. The highest BCUT2D eigenvalue weighted by Crippen LogP contribution is 2.19. The van der Waals surface area contributed by atoms with E-state index in [9.17, 15) is 0 Å². The molecule has 0 aromatic rings. The van der Waals surface area contributed by atoms with E-state index in [4.69, 9.17) is 4.74 Å². The molecule has 0 spiro atoms. The van der Waals surface area contributed by atoms with Crippen molar-refractivity contribution in [1.29, 1.82) is 0 Å². The van der Waals surface area contributed by atoms with Crippen LogP contribution in [-0.2, 0) is 4.74 Å². The van der Waals surface area contributed by atoms with Crippen molar-refractivity contribution < 1.29 is 4.74 Å². The fraction of sp³-hybridized carbons (Fsp3) is 1.00. The highest BCUT2D eigenvalue weighted by molar-refractivity contribution is 4.80. The van der Waals surface area contributed by atoms with Crippen LogP contribution in [0.25, 0.3) is 0 Å².